The van der Waals surface area contributed by atoms with E-state index in [9.17, 15) is 14.7 Å². The van der Waals surface area contributed by atoms with Crippen LogP contribution in [0.25, 0.3) is 16.0 Å². The summed E-state index contributed by atoms with van der Waals surface area (Å²) < 4.78 is 11.9. The number of rotatable bonds is 4. The van der Waals surface area contributed by atoms with E-state index in [-0.39, 0.29) is 22.5 Å². The number of carbonyl (C=O) groups excluding carboxylic acids is 2. The van der Waals surface area contributed by atoms with Crippen molar-refractivity contribution in [2.75, 3.05) is 12.0 Å². The van der Waals surface area contributed by atoms with Crippen LogP contribution in [0.1, 0.15) is 29.7 Å². The Balaban J connectivity index is 1.54. The molecule has 0 radical (unpaired) electrons. The molecule has 1 fully saturated rings. The Morgan fingerprint density at radius 1 is 1.11 bits per heavy atom. The Morgan fingerprint density at radius 3 is 2.68 bits per heavy atom. The van der Waals surface area contributed by atoms with Crippen LogP contribution in [0.5, 0.6) is 11.5 Å². The van der Waals surface area contributed by atoms with Gasteiger partial charge in [-0.25, -0.2) is 4.98 Å². The maximum Gasteiger partial charge on any atom is 0.301 e. The van der Waals surface area contributed by atoms with Gasteiger partial charge in [0, 0.05) is 12.0 Å². The Kier molecular flexibility index (Phi) is 6.06. The third kappa shape index (κ3) is 4.00. The number of ether oxygens (including phenoxy) is 2. The predicted octanol–water partition coefficient (Wildman–Crippen LogP) is 6.56. The van der Waals surface area contributed by atoms with Gasteiger partial charge in [0.1, 0.15) is 23.4 Å². The molecule has 0 unspecified atom stereocenters. The van der Waals surface area contributed by atoms with Crippen molar-refractivity contribution in [3.8, 4) is 11.5 Å². The number of ketones is 1. The summed E-state index contributed by atoms with van der Waals surface area (Å²) in [6, 6.07) is 14.5. The quantitative estimate of drug-likeness (QED) is 0.171. The summed E-state index contributed by atoms with van der Waals surface area (Å²) >= 11 is 13.7. The van der Waals surface area contributed by atoms with Gasteiger partial charge in [0.15, 0.2) is 5.13 Å². The zero-order valence-electron chi connectivity index (χ0n) is 20.2. The molecule has 0 saturated carbocycles. The van der Waals surface area contributed by atoms with Crippen molar-refractivity contribution in [2.24, 2.45) is 0 Å². The Labute approximate surface area is 231 Å². The number of aliphatic hydroxyl groups is 1. The van der Waals surface area contributed by atoms with E-state index in [1.165, 1.54) is 16.2 Å². The number of amides is 1. The molecule has 192 valence electrons. The van der Waals surface area contributed by atoms with Gasteiger partial charge >= 0.3 is 5.91 Å². The highest BCUT2D eigenvalue weighted by atomic mass is 35.5. The van der Waals surface area contributed by atoms with E-state index in [2.05, 4.69) is 4.98 Å². The van der Waals surface area contributed by atoms with E-state index in [4.69, 9.17) is 32.7 Å². The van der Waals surface area contributed by atoms with Crippen LogP contribution < -0.4 is 14.4 Å². The van der Waals surface area contributed by atoms with Crippen LogP contribution in [0.2, 0.25) is 10.0 Å². The van der Waals surface area contributed by atoms with E-state index < -0.39 is 17.7 Å². The largest absolute Gasteiger partial charge is 0.507 e. The molecule has 0 spiro atoms. The molecule has 2 aliphatic rings. The van der Waals surface area contributed by atoms with Crippen LogP contribution in [-0.4, -0.2) is 35.0 Å². The molecule has 1 aromatic heterocycles. The number of halogens is 2. The minimum atomic E-state index is -0.976. The molecular weight excluding hydrogens is 547 g/mol. The summed E-state index contributed by atoms with van der Waals surface area (Å²) in [6.45, 7) is 1.96. The number of benzene rings is 3. The number of nitrogens with zero attached hydrogens (tertiary/aromatic N) is 2. The van der Waals surface area contributed by atoms with Gasteiger partial charge in [0.05, 0.1) is 39.0 Å². The molecule has 7 nitrogen and oxygen atoms in total. The van der Waals surface area contributed by atoms with Crippen molar-refractivity contribution >= 4 is 67.3 Å². The van der Waals surface area contributed by atoms with Crippen molar-refractivity contribution in [1.29, 1.82) is 0 Å². The summed E-state index contributed by atoms with van der Waals surface area (Å²) in [4.78, 5) is 33.0. The van der Waals surface area contributed by atoms with E-state index in [0.717, 1.165) is 16.0 Å². The van der Waals surface area contributed by atoms with Crippen LogP contribution in [0, 0.1) is 0 Å². The molecule has 0 bridgehead atoms. The Morgan fingerprint density at radius 2 is 1.92 bits per heavy atom. The van der Waals surface area contributed by atoms with Gasteiger partial charge in [-0.2, -0.15) is 0 Å². The number of fused-ring (bicyclic) bond motifs is 2. The summed E-state index contributed by atoms with van der Waals surface area (Å²) in [6.07, 6.45) is 0.692. The Bertz CT molecular complexity index is 1680. The maximum atomic E-state index is 13.5. The first-order valence-electron chi connectivity index (χ1n) is 11.8. The van der Waals surface area contributed by atoms with Crippen molar-refractivity contribution < 1.29 is 24.2 Å². The number of Topliss-reactive ketones (excluding diaryl/α,β-unsaturated/α-hetero) is 1. The molecule has 10 heteroatoms. The topological polar surface area (TPSA) is 89.0 Å². The van der Waals surface area contributed by atoms with E-state index in [1.54, 1.807) is 55.6 Å². The van der Waals surface area contributed by atoms with Crippen molar-refractivity contribution in [3.05, 3.63) is 86.9 Å². The van der Waals surface area contributed by atoms with Crippen LogP contribution in [0.3, 0.4) is 0 Å². The van der Waals surface area contributed by atoms with Crippen molar-refractivity contribution in [2.45, 2.75) is 25.5 Å². The van der Waals surface area contributed by atoms with Crippen molar-refractivity contribution in [3.63, 3.8) is 0 Å². The first-order valence-corrected chi connectivity index (χ1v) is 13.3. The number of hydrogen-bond donors (Lipinski definition) is 1. The lowest BCUT2D eigenvalue weighted by molar-refractivity contribution is -0.132. The van der Waals surface area contributed by atoms with Crippen LogP contribution >= 0.6 is 34.5 Å². The van der Waals surface area contributed by atoms with Crippen LogP contribution in [0.4, 0.5) is 5.13 Å². The number of anilines is 1. The lowest BCUT2D eigenvalue weighted by Gasteiger charge is -2.23. The number of hydrogen-bond acceptors (Lipinski definition) is 7. The smallest absolute Gasteiger partial charge is 0.301 e. The molecular formula is C28H20Cl2N2O5S. The molecule has 3 heterocycles. The van der Waals surface area contributed by atoms with Gasteiger partial charge in [-0.1, -0.05) is 40.6 Å². The highest BCUT2D eigenvalue weighted by Gasteiger charge is 2.48. The fourth-order valence-corrected chi connectivity index (χ4v) is 6.20. The summed E-state index contributed by atoms with van der Waals surface area (Å²) in [5.74, 6) is -0.523. The van der Waals surface area contributed by atoms with Gasteiger partial charge in [-0.05, 0) is 66.6 Å². The molecule has 1 saturated heterocycles. The van der Waals surface area contributed by atoms with Gasteiger partial charge in [0.2, 0.25) is 0 Å². The minimum Gasteiger partial charge on any atom is -0.507 e. The SMILES string of the molecule is COc1ccc2nc(N3C(=O)C(=O)/C(=C(/O)c4ccc5c(c4)C[C@H](C)O5)[C@H]3c3ccc(Cl)c(Cl)c3)sc2c1. The van der Waals surface area contributed by atoms with E-state index in [0.29, 0.717) is 39.0 Å². The summed E-state index contributed by atoms with van der Waals surface area (Å²) in [5, 5.41) is 12.4. The second-order valence-corrected chi connectivity index (χ2v) is 11.0. The molecule has 3 aromatic carbocycles. The van der Waals surface area contributed by atoms with Gasteiger partial charge in [-0.3, -0.25) is 14.5 Å². The number of methoxy groups -OCH3 is 1. The fourth-order valence-electron chi connectivity index (χ4n) is 4.88. The molecule has 38 heavy (non-hydrogen) atoms. The second kappa shape index (κ2) is 9.31. The monoisotopic (exact) mass is 566 g/mol. The standard InChI is InChI=1S/C28H20Cl2N2O5S/c1-13-9-16-10-15(4-8-21(16)37-13)25(33)23-24(14-3-6-18(29)19(30)11-14)32(27(35)26(23)34)28-31-20-7-5-17(36-2)12-22(20)38-28/h3-8,10-13,24,33H,9H2,1-2H3/b25-23+/t13-,24+/m0/s1. The van der Waals surface area contributed by atoms with Gasteiger partial charge in [0.25, 0.3) is 5.78 Å². The number of aliphatic hydroxyl groups excluding tert-OH is 1. The zero-order chi connectivity index (χ0) is 26.7. The molecule has 6 rings (SSSR count). The summed E-state index contributed by atoms with van der Waals surface area (Å²) in [7, 11) is 1.57. The lowest BCUT2D eigenvalue weighted by atomic mass is 9.94. The average Bonchev–Trinajstić information content (AvgIpc) is 3.57. The third-order valence-electron chi connectivity index (χ3n) is 6.66. The first-order chi connectivity index (χ1) is 18.2. The molecule has 2 aliphatic heterocycles. The molecule has 1 N–H and O–H groups in total. The van der Waals surface area contributed by atoms with Crippen LogP contribution in [-0.2, 0) is 16.0 Å². The minimum absolute atomic E-state index is 0.0156. The lowest BCUT2D eigenvalue weighted by Crippen LogP contribution is -2.29. The number of carbonyl (C=O) groups is 2. The first kappa shape index (κ1) is 24.7. The fraction of sp³-hybridized carbons (Fsp3) is 0.179. The Hall–Kier alpha value is -3.59. The van der Waals surface area contributed by atoms with Crippen molar-refractivity contribution in [1.82, 2.24) is 4.98 Å². The van der Waals surface area contributed by atoms with Gasteiger partial charge in [-0.15, -0.1) is 0 Å². The summed E-state index contributed by atoms with van der Waals surface area (Å²) in [5.41, 5.74) is 2.43. The molecule has 4 aromatic rings. The molecule has 0 aliphatic carbocycles. The zero-order valence-corrected chi connectivity index (χ0v) is 22.5. The van der Waals surface area contributed by atoms with E-state index >= 15 is 0 Å². The highest BCUT2D eigenvalue weighted by molar-refractivity contribution is 7.22. The predicted molar refractivity (Wildman–Crippen MR) is 148 cm³/mol. The number of aromatic nitrogens is 1. The number of thiazole rings is 1. The average molecular weight is 567 g/mol. The van der Waals surface area contributed by atoms with Crippen LogP contribution in [0.15, 0.2) is 60.2 Å². The normalized spacial score (nSPS) is 20.2. The molecule has 1 amide bonds. The third-order valence-corrected chi connectivity index (χ3v) is 8.42. The van der Waals surface area contributed by atoms with Gasteiger partial charge < -0.3 is 14.6 Å². The highest BCUT2D eigenvalue weighted by Crippen LogP contribution is 2.46. The maximum absolute atomic E-state index is 13.5. The molecule has 2 atom stereocenters. The van der Waals surface area contributed by atoms with E-state index in [1.807, 2.05) is 13.0 Å². The second-order valence-electron chi connectivity index (χ2n) is 9.13.